The van der Waals surface area contributed by atoms with E-state index in [1.807, 2.05) is 27.0 Å². The summed E-state index contributed by atoms with van der Waals surface area (Å²) in [7, 11) is 0. The van der Waals surface area contributed by atoms with Crippen LogP contribution in [0.2, 0.25) is 0 Å². The quantitative estimate of drug-likeness (QED) is 0.867. The standard InChI is InChI=1S/C16H27N3O2/c1-5-14(15(20)21-16(2,3)4)19-8-6-12(7-9-19)13-10-17-11-18-13/h10-12,14H,5-9H2,1-4H3,(H,17,18)/t14-/m1/s1. The Kier molecular flexibility index (Phi) is 5.04. The second-order valence-electron chi connectivity index (χ2n) is 6.77. The Morgan fingerprint density at radius 1 is 1.48 bits per heavy atom. The number of carbonyl (C=O) groups excluding carboxylic acids is 1. The number of aromatic nitrogens is 2. The summed E-state index contributed by atoms with van der Waals surface area (Å²) >= 11 is 0. The van der Waals surface area contributed by atoms with Crippen molar-refractivity contribution in [3.63, 3.8) is 0 Å². The molecule has 1 atom stereocenters. The normalized spacial score (nSPS) is 19.4. The lowest BCUT2D eigenvalue weighted by molar-refractivity contribution is -0.162. The summed E-state index contributed by atoms with van der Waals surface area (Å²) in [5.41, 5.74) is 0.790. The predicted octanol–water partition coefficient (Wildman–Crippen LogP) is 2.71. The second-order valence-corrected chi connectivity index (χ2v) is 6.77. The summed E-state index contributed by atoms with van der Waals surface area (Å²) in [5.74, 6) is 0.435. The van der Waals surface area contributed by atoms with Crippen LogP contribution >= 0.6 is 0 Å². The van der Waals surface area contributed by atoms with Gasteiger partial charge in [-0.05, 0) is 53.1 Å². The van der Waals surface area contributed by atoms with Crippen LogP contribution in [0.3, 0.4) is 0 Å². The number of rotatable bonds is 4. The van der Waals surface area contributed by atoms with Crippen molar-refractivity contribution >= 4 is 5.97 Å². The van der Waals surface area contributed by atoms with Crippen molar-refractivity contribution in [2.75, 3.05) is 13.1 Å². The van der Waals surface area contributed by atoms with Gasteiger partial charge in [0.15, 0.2) is 0 Å². The maximum atomic E-state index is 12.3. The number of likely N-dealkylation sites (tertiary alicyclic amines) is 1. The molecule has 2 heterocycles. The molecule has 0 aromatic carbocycles. The topological polar surface area (TPSA) is 58.2 Å². The average molecular weight is 293 g/mol. The fourth-order valence-corrected chi connectivity index (χ4v) is 2.96. The molecule has 1 aromatic heterocycles. The van der Waals surface area contributed by atoms with Crippen molar-refractivity contribution < 1.29 is 9.53 Å². The first-order valence-corrected chi connectivity index (χ1v) is 7.86. The highest BCUT2D eigenvalue weighted by Gasteiger charge is 2.32. The van der Waals surface area contributed by atoms with Crippen LogP contribution in [0.1, 0.15) is 58.6 Å². The number of aromatic amines is 1. The zero-order valence-electron chi connectivity index (χ0n) is 13.6. The number of H-pyrrole nitrogens is 1. The number of imidazole rings is 1. The second kappa shape index (κ2) is 6.60. The molecular weight excluding hydrogens is 266 g/mol. The van der Waals surface area contributed by atoms with Gasteiger partial charge in [0, 0.05) is 17.8 Å². The monoisotopic (exact) mass is 293 g/mol. The molecule has 1 N–H and O–H groups in total. The Balaban J connectivity index is 1.91. The van der Waals surface area contributed by atoms with E-state index in [4.69, 9.17) is 4.74 Å². The number of carbonyl (C=O) groups is 1. The molecule has 0 spiro atoms. The molecule has 1 aromatic rings. The number of piperidine rings is 1. The molecule has 21 heavy (non-hydrogen) atoms. The highest BCUT2D eigenvalue weighted by atomic mass is 16.6. The minimum Gasteiger partial charge on any atom is -0.459 e. The van der Waals surface area contributed by atoms with E-state index >= 15 is 0 Å². The van der Waals surface area contributed by atoms with E-state index in [1.165, 1.54) is 5.69 Å². The summed E-state index contributed by atoms with van der Waals surface area (Å²) in [4.78, 5) is 21.9. The van der Waals surface area contributed by atoms with E-state index in [0.717, 1.165) is 32.4 Å². The summed E-state index contributed by atoms with van der Waals surface area (Å²) < 4.78 is 5.55. The summed E-state index contributed by atoms with van der Waals surface area (Å²) in [6, 6.07) is -0.119. The van der Waals surface area contributed by atoms with E-state index in [2.05, 4.69) is 21.8 Å². The Bertz CT molecular complexity index is 443. The first kappa shape index (κ1) is 16.0. The molecular formula is C16H27N3O2. The Morgan fingerprint density at radius 3 is 2.62 bits per heavy atom. The van der Waals surface area contributed by atoms with Crippen molar-refractivity contribution in [1.29, 1.82) is 0 Å². The van der Waals surface area contributed by atoms with Crippen LogP contribution < -0.4 is 0 Å². The lowest BCUT2D eigenvalue weighted by Crippen LogP contribution is -2.47. The number of hydrogen-bond acceptors (Lipinski definition) is 4. The van der Waals surface area contributed by atoms with Crippen LogP contribution in [0.4, 0.5) is 0 Å². The summed E-state index contributed by atoms with van der Waals surface area (Å²) in [5, 5.41) is 0. The van der Waals surface area contributed by atoms with Crippen LogP contribution in [-0.2, 0) is 9.53 Å². The minimum atomic E-state index is -0.418. The Morgan fingerprint density at radius 2 is 2.14 bits per heavy atom. The largest absolute Gasteiger partial charge is 0.459 e. The third-order valence-corrected chi connectivity index (χ3v) is 4.00. The molecule has 1 aliphatic rings. The van der Waals surface area contributed by atoms with Gasteiger partial charge >= 0.3 is 5.97 Å². The minimum absolute atomic E-state index is 0.0926. The molecule has 5 heteroatoms. The van der Waals surface area contributed by atoms with Crippen LogP contribution in [0, 0.1) is 0 Å². The molecule has 1 aliphatic heterocycles. The number of hydrogen-bond donors (Lipinski definition) is 1. The van der Waals surface area contributed by atoms with Gasteiger partial charge in [0.1, 0.15) is 11.6 Å². The molecule has 118 valence electrons. The predicted molar refractivity (Wildman–Crippen MR) is 82.1 cm³/mol. The van der Waals surface area contributed by atoms with Gasteiger partial charge in [-0.25, -0.2) is 4.98 Å². The average Bonchev–Trinajstić information content (AvgIpc) is 2.92. The van der Waals surface area contributed by atoms with Crippen molar-refractivity contribution in [2.45, 2.75) is 64.5 Å². The van der Waals surface area contributed by atoms with Crippen molar-refractivity contribution in [1.82, 2.24) is 14.9 Å². The zero-order valence-corrected chi connectivity index (χ0v) is 13.6. The maximum Gasteiger partial charge on any atom is 0.323 e. The van der Waals surface area contributed by atoms with Gasteiger partial charge in [0.05, 0.1) is 6.33 Å². The first-order chi connectivity index (χ1) is 9.90. The Hall–Kier alpha value is -1.36. The number of esters is 1. The lowest BCUT2D eigenvalue weighted by atomic mass is 9.93. The highest BCUT2D eigenvalue weighted by Crippen LogP contribution is 2.28. The molecule has 0 saturated carbocycles. The van der Waals surface area contributed by atoms with E-state index in [0.29, 0.717) is 5.92 Å². The van der Waals surface area contributed by atoms with Gasteiger partial charge in [-0.3, -0.25) is 9.69 Å². The SMILES string of the molecule is CC[C@H](C(=O)OC(C)(C)C)N1CCC(c2cnc[nH]2)CC1. The van der Waals surface area contributed by atoms with Crippen LogP contribution in [0.15, 0.2) is 12.5 Å². The summed E-state index contributed by atoms with van der Waals surface area (Å²) in [6.45, 7) is 9.67. The van der Waals surface area contributed by atoms with Crippen LogP contribution in [0.25, 0.3) is 0 Å². The molecule has 0 radical (unpaired) electrons. The smallest absolute Gasteiger partial charge is 0.323 e. The van der Waals surface area contributed by atoms with Gasteiger partial charge < -0.3 is 9.72 Å². The van der Waals surface area contributed by atoms with Gasteiger partial charge in [0.2, 0.25) is 0 Å². The van der Waals surface area contributed by atoms with E-state index in [1.54, 1.807) is 6.33 Å². The van der Waals surface area contributed by atoms with Gasteiger partial charge in [0.25, 0.3) is 0 Å². The highest BCUT2D eigenvalue weighted by molar-refractivity contribution is 5.76. The fourth-order valence-electron chi connectivity index (χ4n) is 2.96. The molecule has 0 amide bonds. The van der Waals surface area contributed by atoms with Gasteiger partial charge in [-0.15, -0.1) is 0 Å². The summed E-state index contributed by atoms with van der Waals surface area (Å²) in [6.07, 6.45) is 6.55. The fraction of sp³-hybridized carbons (Fsp3) is 0.750. The number of ether oxygens (including phenoxy) is 1. The third kappa shape index (κ3) is 4.30. The van der Waals surface area contributed by atoms with Crippen LogP contribution in [-0.4, -0.2) is 45.6 Å². The lowest BCUT2D eigenvalue weighted by Gasteiger charge is -2.36. The van der Waals surface area contributed by atoms with Gasteiger partial charge in [-0.1, -0.05) is 6.92 Å². The molecule has 1 saturated heterocycles. The Labute approximate surface area is 127 Å². The van der Waals surface area contributed by atoms with Crippen molar-refractivity contribution in [3.8, 4) is 0 Å². The van der Waals surface area contributed by atoms with E-state index in [9.17, 15) is 4.79 Å². The van der Waals surface area contributed by atoms with E-state index in [-0.39, 0.29) is 12.0 Å². The third-order valence-electron chi connectivity index (χ3n) is 4.00. The molecule has 2 rings (SSSR count). The molecule has 1 fully saturated rings. The molecule has 0 aliphatic carbocycles. The number of nitrogens with zero attached hydrogens (tertiary/aromatic N) is 2. The van der Waals surface area contributed by atoms with Crippen molar-refractivity contribution in [3.05, 3.63) is 18.2 Å². The van der Waals surface area contributed by atoms with Crippen LogP contribution in [0.5, 0.6) is 0 Å². The zero-order chi connectivity index (χ0) is 15.5. The first-order valence-electron chi connectivity index (χ1n) is 7.86. The number of nitrogens with one attached hydrogen (secondary N) is 1. The van der Waals surface area contributed by atoms with E-state index < -0.39 is 5.60 Å². The molecule has 0 bridgehead atoms. The molecule has 5 nitrogen and oxygen atoms in total. The maximum absolute atomic E-state index is 12.3. The molecule has 0 unspecified atom stereocenters. The van der Waals surface area contributed by atoms with Crippen molar-refractivity contribution in [2.24, 2.45) is 0 Å². The van der Waals surface area contributed by atoms with Gasteiger partial charge in [-0.2, -0.15) is 0 Å².